The molecule has 3 aromatic rings. The maximum Gasteiger partial charge on any atom is 0.265 e. The average molecular weight is 453 g/mol. The number of nitrogens with zero attached hydrogens (tertiary/aromatic N) is 1. The van der Waals surface area contributed by atoms with Gasteiger partial charge < -0.3 is 4.74 Å². The first kappa shape index (κ1) is 18.9. The van der Waals surface area contributed by atoms with E-state index in [1.165, 1.54) is 11.3 Å². The number of thiazole rings is 1. The van der Waals surface area contributed by atoms with Crippen LogP contribution < -0.4 is 9.46 Å². The van der Waals surface area contributed by atoms with E-state index in [0.717, 1.165) is 20.7 Å². The topological polar surface area (TPSA) is 68.3 Å². The van der Waals surface area contributed by atoms with Gasteiger partial charge in [0.1, 0.15) is 10.6 Å². The highest BCUT2D eigenvalue weighted by molar-refractivity contribution is 9.10. The minimum Gasteiger partial charge on any atom is -0.492 e. The van der Waals surface area contributed by atoms with E-state index in [2.05, 4.69) is 25.6 Å². The largest absolute Gasteiger partial charge is 0.492 e. The molecule has 136 valence electrons. The third-order valence-corrected chi connectivity index (χ3v) is 6.19. The van der Waals surface area contributed by atoms with Crippen molar-refractivity contribution in [3.63, 3.8) is 0 Å². The molecular formula is C18H17BrN2O3S2. The summed E-state index contributed by atoms with van der Waals surface area (Å²) in [4.78, 5) is 4.52. The van der Waals surface area contributed by atoms with Crippen molar-refractivity contribution in [3.05, 3.63) is 57.3 Å². The Bertz CT molecular complexity index is 1030. The SMILES string of the molecule is CCOc1ccc(-c2csc(C)n2)cc1S(=O)(=O)Nc1cccc(Br)c1. The molecule has 0 aliphatic rings. The van der Waals surface area contributed by atoms with Gasteiger partial charge in [0.2, 0.25) is 0 Å². The Morgan fingerprint density at radius 1 is 1.23 bits per heavy atom. The molecule has 0 fully saturated rings. The normalized spacial score (nSPS) is 11.3. The molecule has 0 aliphatic carbocycles. The predicted molar refractivity (Wildman–Crippen MR) is 108 cm³/mol. The number of ether oxygens (including phenoxy) is 1. The molecule has 0 unspecified atom stereocenters. The summed E-state index contributed by atoms with van der Waals surface area (Å²) in [5, 5.41) is 2.83. The van der Waals surface area contributed by atoms with E-state index in [0.29, 0.717) is 18.0 Å². The first-order valence-corrected chi connectivity index (χ1v) is 11.0. The number of aromatic nitrogens is 1. The van der Waals surface area contributed by atoms with Crippen molar-refractivity contribution in [2.75, 3.05) is 11.3 Å². The highest BCUT2D eigenvalue weighted by Gasteiger charge is 2.21. The van der Waals surface area contributed by atoms with Crippen LogP contribution in [-0.2, 0) is 10.0 Å². The van der Waals surface area contributed by atoms with E-state index >= 15 is 0 Å². The standard InChI is InChI=1S/C18H17BrN2O3S2/c1-3-24-17-8-7-13(16-11-25-12(2)20-16)9-18(17)26(22,23)21-15-6-4-5-14(19)10-15/h4-11,21H,3H2,1-2H3. The predicted octanol–water partition coefficient (Wildman–Crippen LogP) is 5.08. The van der Waals surface area contributed by atoms with Crippen molar-refractivity contribution in [1.82, 2.24) is 4.98 Å². The van der Waals surface area contributed by atoms with Gasteiger partial charge in [-0.05, 0) is 50.2 Å². The van der Waals surface area contributed by atoms with Gasteiger partial charge in [-0.25, -0.2) is 13.4 Å². The number of halogens is 1. The quantitative estimate of drug-likeness (QED) is 0.565. The molecule has 1 aromatic heterocycles. The summed E-state index contributed by atoms with van der Waals surface area (Å²) in [6.45, 7) is 4.10. The highest BCUT2D eigenvalue weighted by Crippen LogP contribution is 2.32. The minimum atomic E-state index is -3.83. The van der Waals surface area contributed by atoms with E-state index in [1.54, 1.807) is 30.3 Å². The molecule has 0 amide bonds. The Balaban J connectivity index is 2.05. The molecular weight excluding hydrogens is 436 g/mol. The lowest BCUT2D eigenvalue weighted by atomic mass is 10.2. The smallest absolute Gasteiger partial charge is 0.265 e. The van der Waals surface area contributed by atoms with Crippen molar-refractivity contribution in [3.8, 4) is 17.0 Å². The molecule has 0 spiro atoms. The Hall–Kier alpha value is -1.90. The van der Waals surface area contributed by atoms with E-state index in [1.807, 2.05) is 31.4 Å². The van der Waals surface area contributed by atoms with Crippen molar-refractivity contribution in [2.24, 2.45) is 0 Å². The van der Waals surface area contributed by atoms with Gasteiger partial charge in [-0.1, -0.05) is 22.0 Å². The fourth-order valence-corrected chi connectivity index (χ4v) is 4.65. The third kappa shape index (κ3) is 4.25. The number of benzene rings is 2. The summed E-state index contributed by atoms with van der Waals surface area (Å²) >= 11 is 4.86. The number of sulfonamides is 1. The second kappa shape index (κ2) is 7.77. The van der Waals surface area contributed by atoms with Crippen LogP contribution in [0.1, 0.15) is 11.9 Å². The summed E-state index contributed by atoms with van der Waals surface area (Å²) in [6, 6.07) is 12.1. The summed E-state index contributed by atoms with van der Waals surface area (Å²) in [6.07, 6.45) is 0. The molecule has 0 saturated carbocycles. The second-order valence-electron chi connectivity index (χ2n) is 5.46. The molecule has 26 heavy (non-hydrogen) atoms. The van der Waals surface area contributed by atoms with Crippen LogP contribution in [-0.4, -0.2) is 20.0 Å². The molecule has 1 N–H and O–H groups in total. The lowest BCUT2D eigenvalue weighted by Crippen LogP contribution is -2.14. The molecule has 0 atom stereocenters. The van der Waals surface area contributed by atoms with Crippen LogP contribution in [0.15, 0.2) is 57.2 Å². The van der Waals surface area contributed by atoms with Gasteiger partial charge in [0.15, 0.2) is 0 Å². The van der Waals surface area contributed by atoms with Crippen molar-refractivity contribution in [1.29, 1.82) is 0 Å². The van der Waals surface area contributed by atoms with Crippen molar-refractivity contribution in [2.45, 2.75) is 18.7 Å². The van der Waals surface area contributed by atoms with E-state index < -0.39 is 10.0 Å². The average Bonchev–Trinajstić information content (AvgIpc) is 3.01. The van der Waals surface area contributed by atoms with Crippen molar-refractivity contribution >= 4 is 43.0 Å². The zero-order valence-electron chi connectivity index (χ0n) is 14.2. The van der Waals surface area contributed by atoms with Crippen LogP contribution in [0, 0.1) is 6.92 Å². The van der Waals surface area contributed by atoms with Crippen LogP contribution >= 0.6 is 27.3 Å². The monoisotopic (exact) mass is 452 g/mol. The van der Waals surface area contributed by atoms with Gasteiger partial charge in [-0.15, -0.1) is 11.3 Å². The van der Waals surface area contributed by atoms with Crippen LogP contribution in [0.3, 0.4) is 0 Å². The van der Waals surface area contributed by atoms with Crippen LogP contribution in [0.5, 0.6) is 5.75 Å². The molecule has 0 saturated heterocycles. The number of hydrogen-bond donors (Lipinski definition) is 1. The minimum absolute atomic E-state index is 0.0856. The molecule has 0 radical (unpaired) electrons. The summed E-state index contributed by atoms with van der Waals surface area (Å²) in [5.74, 6) is 0.311. The molecule has 3 rings (SSSR count). The maximum absolute atomic E-state index is 13.0. The fraction of sp³-hybridized carbons (Fsp3) is 0.167. The Labute approximate surface area is 165 Å². The van der Waals surface area contributed by atoms with E-state index in [9.17, 15) is 8.42 Å². The number of anilines is 1. The Kier molecular flexibility index (Phi) is 5.64. The molecule has 5 nitrogen and oxygen atoms in total. The number of hydrogen-bond acceptors (Lipinski definition) is 5. The summed E-state index contributed by atoms with van der Waals surface area (Å²) in [7, 11) is -3.83. The van der Waals surface area contributed by atoms with Crippen molar-refractivity contribution < 1.29 is 13.2 Å². The number of nitrogens with one attached hydrogen (secondary N) is 1. The molecule has 1 heterocycles. The van der Waals surface area contributed by atoms with Gasteiger partial charge in [-0.3, -0.25) is 4.72 Å². The highest BCUT2D eigenvalue weighted by atomic mass is 79.9. The van der Waals surface area contributed by atoms with E-state index in [-0.39, 0.29) is 4.90 Å². The van der Waals surface area contributed by atoms with E-state index in [4.69, 9.17) is 4.74 Å². The second-order valence-corrected chi connectivity index (χ2v) is 9.09. The molecule has 0 aliphatic heterocycles. The van der Waals surface area contributed by atoms with Gasteiger partial charge in [-0.2, -0.15) is 0 Å². The van der Waals surface area contributed by atoms with Gasteiger partial charge in [0, 0.05) is 21.1 Å². The van der Waals surface area contributed by atoms with Gasteiger partial charge in [0.25, 0.3) is 10.0 Å². The summed E-state index contributed by atoms with van der Waals surface area (Å²) in [5.41, 5.74) is 1.94. The Morgan fingerprint density at radius 3 is 2.69 bits per heavy atom. The van der Waals surface area contributed by atoms with Crippen LogP contribution in [0.25, 0.3) is 11.3 Å². The number of rotatable bonds is 6. The molecule has 8 heteroatoms. The zero-order valence-corrected chi connectivity index (χ0v) is 17.4. The zero-order chi connectivity index (χ0) is 18.7. The lowest BCUT2D eigenvalue weighted by molar-refractivity contribution is 0.331. The molecule has 2 aromatic carbocycles. The van der Waals surface area contributed by atoms with Crippen LogP contribution in [0.4, 0.5) is 5.69 Å². The first-order chi connectivity index (χ1) is 12.4. The van der Waals surface area contributed by atoms with Crippen LogP contribution in [0.2, 0.25) is 0 Å². The lowest BCUT2D eigenvalue weighted by Gasteiger charge is -2.14. The fourth-order valence-electron chi connectivity index (χ4n) is 2.41. The number of aryl methyl sites for hydroxylation is 1. The molecule has 0 bridgehead atoms. The Morgan fingerprint density at radius 2 is 2.04 bits per heavy atom. The van der Waals surface area contributed by atoms with Gasteiger partial charge >= 0.3 is 0 Å². The summed E-state index contributed by atoms with van der Waals surface area (Å²) < 4.78 is 34.9. The third-order valence-electron chi connectivity index (χ3n) is 3.52. The first-order valence-electron chi connectivity index (χ1n) is 7.87. The maximum atomic E-state index is 13.0. The van der Waals surface area contributed by atoms with Gasteiger partial charge in [0.05, 0.1) is 17.3 Å².